The molecule has 2 aliphatic rings. The lowest BCUT2D eigenvalue weighted by molar-refractivity contribution is 0.133. The molecule has 0 amide bonds. The highest BCUT2D eigenvalue weighted by Crippen LogP contribution is 2.29. The van der Waals surface area contributed by atoms with E-state index in [9.17, 15) is 9.50 Å². The van der Waals surface area contributed by atoms with Crippen molar-refractivity contribution in [2.24, 2.45) is 5.92 Å². The fourth-order valence-corrected chi connectivity index (χ4v) is 3.74. The number of rotatable bonds is 4. The van der Waals surface area contributed by atoms with Crippen LogP contribution in [0.5, 0.6) is 0 Å². The zero-order valence-electron chi connectivity index (χ0n) is 12.4. The molecule has 0 spiro atoms. The first-order valence-corrected chi connectivity index (χ1v) is 8.12. The predicted molar refractivity (Wildman–Crippen MR) is 81.5 cm³/mol. The van der Waals surface area contributed by atoms with E-state index in [1.165, 1.54) is 31.4 Å². The van der Waals surface area contributed by atoms with Crippen molar-refractivity contribution >= 4 is 0 Å². The van der Waals surface area contributed by atoms with E-state index in [4.69, 9.17) is 0 Å². The van der Waals surface area contributed by atoms with E-state index in [2.05, 4.69) is 10.6 Å². The molecule has 3 rings (SSSR count). The van der Waals surface area contributed by atoms with Crippen LogP contribution in [-0.2, 0) is 0 Å². The van der Waals surface area contributed by atoms with Gasteiger partial charge in [0.15, 0.2) is 0 Å². The number of benzene rings is 1. The molecule has 0 saturated carbocycles. The Bertz CT molecular complexity index is 462. The molecule has 0 bridgehead atoms. The lowest BCUT2D eigenvalue weighted by atomic mass is 9.92. The van der Waals surface area contributed by atoms with Crippen LogP contribution in [0.3, 0.4) is 0 Å². The fourth-order valence-electron chi connectivity index (χ4n) is 3.74. The van der Waals surface area contributed by atoms with E-state index < -0.39 is 6.10 Å². The molecule has 3 nitrogen and oxygen atoms in total. The van der Waals surface area contributed by atoms with Gasteiger partial charge in [0.05, 0.1) is 6.10 Å². The summed E-state index contributed by atoms with van der Waals surface area (Å²) in [6.07, 6.45) is 5.21. The summed E-state index contributed by atoms with van der Waals surface area (Å²) in [6, 6.07) is 6.85. The molecule has 4 atom stereocenters. The Kier molecular flexibility index (Phi) is 4.88. The first-order chi connectivity index (χ1) is 10.2. The molecule has 1 aromatic rings. The van der Waals surface area contributed by atoms with Gasteiger partial charge in [0.25, 0.3) is 0 Å². The van der Waals surface area contributed by atoms with Crippen molar-refractivity contribution in [2.75, 3.05) is 13.1 Å². The number of hydrogen-bond donors (Lipinski definition) is 3. The summed E-state index contributed by atoms with van der Waals surface area (Å²) in [7, 11) is 0. The molecule has 116 valence electrons. The van der Waals surface area contributed by atoms with Crippen molar-refractivity contribution in [3.8, 4) is 0 Å². The van der Waals surface area contributed by atoms with E-state index in [1.54, 1.807) is 12.1 Å². The molecule has 3 N–H and O–H groups in total. The van der Waals surface area contributed by atoms with Gasteiger partial charge >= 0.3 is 0 Å². The molecule has 1 aromatic carbocycles. The predicted octanol–water partition coefficient (Wildman–Crippen LogP) is 2.37. The molecular weight excluding hydrogens is 267 g/mol. The lowest BCUT2D eigenvalue weighted by Crippen LogP contribution is -2.38. The second-order valence-corrected chi connectivity index (χ2v) is 6.50. The molecular formula is C17H25FN2O. The summed E-state index contributed by atoms with van der Waals surface area (Å²) < 4.78 is 13.3. The van der Waals surface area contributed by atoms with Gasteiger partial charge in [-0.05, 0) is 68.8 Å². The highest BCUT2D eigenvalue weighted by atomic mass is 19.1. The van der Waals surface area contributed by atoms with Crippen molar-refractivity contribution in [1.82, 2.24) is 10.6 Å². The van der Waals surface area contributed by atoms with Crippen LogP contribution >= 0.6 is 0 Å². The summed E-state index contributed by atoms with van der Waals surface area (Å²) in [5.41, 5.74) is 0.674. The first kappa shape index (κ1) is 14.9. The van der Waals surface area contributed by atoms with Gasteiger partial charge in [0.2, 0.25) is 0 Å². The fraction of sp³-hybridized carbons (Fsp3) is 0.647. The maximum atomic E-state index is 13.3. The van der Waals surface area contributed by atoms with Gasteiger partial charge in [0, 0.05) is 12.1 Å². The van der Waals surface area contributed by atoms with E-state index in [-0.39, 0.29) is 11.9 Å². The molecule has 0 radical (unpaired) electrons. The van der Waals surface area contributed by atoms with Gasteiger partial charge in [-0.1, -0.05) is 12.1 Å². The molecule has 0 aromatic heterocycles. The van der Waals surface area contributed by atoms with E-state index in [1.807, 2.05) is 0 Å². The Morgan fingerprint density at radius 1 is 1.29 bits per heavy atom. The third kappa shape index (κ3) is 3.82. The van der Waals surface area contributed by atoms with Crippen molar-refractivity contribution in [1.29, 1.82) is 0 Å². The van der Waals surface area contributed by atoms with Gasteiger partial charge in [-0.3, -0.25) is 0 Å². The third-order valence-corrected chi connectivity index (χ3v) is 4.86. The minimum Gasteiger partial charge on any atom is -0.387 e. The number of nitrogens with one attached hydrogen (secondary N) is 2. The van der Waals surface area contributed by atoms with Crippen molar-refractivity contribution in [2.45, 2.75) is 50.3 Å². The molecule has 2 heterocycles. The smallest absolute Gasteiger partial charge is 0.123 e. The molecule has 21 heavy (non-hydrogen) atoms. The summed E-state index contributed by atoms with van der Waals surface area (Å²) in [4.78, 5) is 0. The lowest BCUT2D eigenvalue weighted by Gasteiger charge is -2.26. The van der Waals surface area contributed by atoms with E-state index >= 15 is 0 Å². The van der Waals surface area contributed by atoms with Gasteiger partial charge in [0.1, 0.15) is 5.82 Å². The summed E-state index contributed by atoms with van der Waals surface area (Å²) in [5.74, 6) is 0.468. The van der Waals surface area contributed by atoms with Gasteiger partial charge in [-0.15, -0.1) is 0 Å². The topological polar surface area (TPSA) is 44.3 Å². The normalized spacial score (nSPS) is 31.2. The van der Waals surface area contributed by atoms with Gasteiger partial charge in [-0.2, -0.15) is 0 Å². The quantitative estimate of drug-likeness (QED) is 0.798. The van der Waals surface area contributed by atoms with Crippen molar-refractivity contribution < 1.29 is 9.50 Å². The second-order valence-electron chi connectivity index (χ2n) is 6.50. The van der Waals surface area contributed by atoms with Crippen molar-refractivity contribution in [3.05, 3.63) is 35.6 Å². The Morgan fingerprint density at radius 3 is 2.95 bits per heavy atom. The minimum absolute atomic E-state index is 0.0494. The van der Waals surface area contributed by atoms with Crippen LogP contribution in [0.1, 0.15) is 43.8 Å². The van der Waals surface area contributed by atoms with Crippen LogP contribution < -0.4 is 10.6 Å². The van der Waals surface area contributed by atoms with Crippen LogP contribution in [0, 0.1) is 11.7 Å². The van der Waals surface area contributed by atoms with Gasteiger partial charge in [-0.25, -0.2) is 4.39 Å². The third-order valence-electron chi connectivity index (χ3n) is 4.86. The number of aliphatic hydroxyl groups excluding tert-OH is 1. The highest BCUT2D eigenvalue weighted by Gasteiger charge is 2.31. The number of hydrogen-bond acceptors (Lipinski definition) is 3. The Morgan fingerprint density at radius 2 is 2.19 bits per heavy atom. The van der Waals surface area contributed by atoms with Crippen LogP contribution in [-0.4, -0.2) is 30.3 Å². The molecule has 2 saturated heterocycles. The molecule has 2 aliphatic heterocycles. The van der Waals surface area contributed by atoms with E-state index in [0.717, 1.165) is 31.8 Å². The Balaban J connectivity index is 1.53. The van der Waals surface area contributed by atoms with Gasteiger partial charge < -0.3 is 15.7 Å². The highest BCUT2D eigenvalue weighted by molar-refractivity contribution is 5.20. The minimum atomic E-state index is -0.616. The largest absolute Gasteiger partial charge is 0.387 e. The molecule has 0 aliphatic carbocycles. The average molecular weight is 292 g/mol. The van der Waals surface area contributed by atoms with Crippen LogP contribution in [0.25, 0.3) is 0 Å². The van der Waals surface area contributed by atoms with Crippen LogP contribution in [0.2, 0.25) is 0 Å². The molecule has 0 unspecified atom stereocenters. The number of aliphatic hydroxyl groups is 1. The molecule has 4 heteroatoms. The van der Waals surface area contributed by atoms with Crippen LogP contribution in [0.4, 0.5) is 4.39 Å². The maximum Gasteiger partial charge on any atom is 0.123 e. The monoisotopic (exact) mass is 292 g/mol. The Hall–Kier alpha value is -0.970. The van der Waals surface area contributed by atoms with E-state index in [0.29, 0.717) is 11.6 Å². The zero-order valence-corrected chi connectivity index (χ0v) is 12.4. The number of piperidine rings is 1. The zero-order chi connectivity index (χ0) is 14.7. The summed E-state index contributed by atoms with van der Waals surface area (Å²) >= 11 is 0. The standard InChI is InChI=1S/C17H25FN2O/c18-14-5-1-4-13(10-14)17(21)16-7-6-15(20-16)9-12-3-2-8-19-11-12/h1,4-5,10,12,15-17,19-21H,2-3,6-9,11H2/t12-,15+,16-,17-/m1/s1. The van der Waals surface area contributed by atoms with Crippen LogP contribution in [0.15, 0.2) is 24.3 Å². The summed E-state index contributed by atoms with van der Waals surface area (Å²) in [5, 5.41) is 17.4. The second kappa shape index (κ2) is 6.86. The first-order valence-electron chi connectivity index (χ1n) is 8.12. The molecule has 2 fully saturated rings. The van der Waals surface area contributed by atoms with Crippen molar-refractivity contribution in [3.63, 3.8) is 0 Å². The average Bonchev–Trinajstić information content (AvgIpc) is 2.96. The number of halogens is 1. The summed E-state index contributed by atoms with van der Waals surface area (Å²) in [6.45, 7) is 2.27. The maximum absolute atomic E-state index is 13.3. The Labute approximate surface area is 125 Å². The SMILES string of the molecule is O[C@H](c1cccc(F)c1)[C@H]1CC[C@@H](C[C@H]2CCCNC2)N1.